The van der Waals surface area contributed by atoms with Crippen LogP contribution in [0.2, 0.25) is 0 Å². The van der Waals surface area contributed by atoms with Gasteiger partial charge in [0.15, 0.2) is 16.5 Å². The Labute approximate surface area is 435 Å². The van der Waals surface area contributed by atoms with E-state index in [0.717, 1.165) is 0 Å². The Kier molecular flexibility index (Phi) is 21.3. The summed E-state index contributed by atoms with van der Waals surface area (Å²) in [5.41, 5.74) is 0.497. The number of hydrogen-bond acceptors (Lipinski definition) is 14. The molecule has 0 aliphatic carbocycles. The fraction of sp³-hybridized carbons (Fsp3) is 0.391. The van der Waals surface area contributed by atoms with Crippen LogP contribution >= 0.6 is 22.6 Å². The lowest BCUT2D eigenvalue weighted by Crippen LogP contribution is -2.34. The predicted octanol–water partition coefficient (Wildman–Crippen LogP) is 8.13. The summed E-state index contributed by atoms with van der Waals surface area (Å²) >= 11 is 2.02. The van der Waals surface area contributed by atoms with Crippen molar-refractivity contribution in [3.63, 3.8) is 0 Å². The van der Waals surface area contributed by atoms with Crippen molar-refractivity contribution in [2.75, 3.05) is 51.2 Å². The van der Waals surface area contributed by atoms with Gasteiger partial charge in [-0.25, -0.2) is 8.78 Å². The molecule has 27 heteroatoms. The Morgan fingerprint density at radius 3 is 1.95 bits per heavy atom. The van der Waals surface area contributed by atoms with E-state index in [1.54, 1.807) is 56.4 Å². The van der Waals surface area contributed by atoms with E-state index >= 15 is 0 Å². The molecule has 0 saturated carbocycles. The molecule has 4 N–H and O–H groups in total. The zero-order valence-corrected chi connectivity index (χ0v) is 45.0. The van der Waals surface area contributed by atoms with E-state index in [9.17, 15) is 69.7 Å². The predicted molar refractivity (Wildman–Crippen MR) is 269 cm³/mol. The van der Waals surface area contributed by atoms with Gasteiger partial charge in [0.05, 0.1) is 22.2 Å². The molecule has 402 valence electrons. The average Bonchev–Trinajstić information content (AvgIpc) is 3.52. The molecular weight excluding hydrogens is 1170 g/mol. The smallest absolute Gasteiger partial charge is 0.311 e. The second kappa shape index (κ2) is 25.4. The summed E-state index contributed by atoms with van der Waals surface area (Å²) in [5.74, 6) is -13.4. The molecular formula is C46H53F4IN2O16S4. The van der Waals surface area contributed by atoms with Gasteiger partial charge in [0, 0.05) is 71.8 Å². The van der Waals surface area contributed by atoms with Crippen LogP contribution in [0.5, 0.6) is 5.75 Å². The summed E-state index contributed by atoms with van der Waals surface area (Å²) < 4.78 is 206. The van der Waals surface area contributed by atoms with Crippen molar-refractivity contribution < 1.29 is 88.4 Å². The number of hydrogen-bond donors (Lipinski definition) is 4. The van der Waals surface area contributed by atoms with Crippen LogP contribution < -0.4 is 9.64 Å². The second-order valence-electron chi connectivity index (χ2n) is 16.8. The Morgan fingerprint density at radius 1 is 0.767 bits per heavy atom. The number of rotatable bonds is 26. The average molecular weight is 1220 g/mol. The van der Waals surface area contributed by atoms with Crippen LogP contribution in [0.4, 0.5) is 23.2 Å². The molecule has 2 unspecified atom stereocenters. The number of fused-ring (bicyclic) bond motifs is 1. The maximum absolute atomic E-state index is 14.4. The number of nitrogens with zero attached hydrogens (tertiary/aromatic N) is 2. The second-order valence-corrected chi connectivity index (χ2v) is 23.8. The van der Waals surface area contributed by atoms with E-state index < -0.39 is 103 Å². The summed E-state index contributed by atoms with van der Waals surface area (Å²) in [6.07, 6.45) is 12.2. The summed E-state index contributed by atoms with van der Waals surface area (Å²) in [6, 6.07) is 8.18. The van der Waals surface area contributed by atoms with Gasteiger partial charge in [0.25, 0.3) is 30.4 Å². The Morgan fingerprint density at radius 2 is 1.36 bits per heavy atom. The van der Waals surface area contributed by atoms with Crippen molar-refractivity contribution >= 4 is 80.4 Å². The number of halogens is 5. The van der Waals surface area contributed by atoms with E-state index in [4.69, 9.17) is 19.0 Å². The van der Waals surface area contributed by atoms with E-state index in [-0.39, 0.29) is 68.1 Å². The van der Waals surface area contributed by atoms with Crippen molar-refractivity contribution in [1.82, 2.24) is 0 Å². The van der Waals surface area contributed by atoms with Gasteiger partial charge in [-0.15, -0.1) is 0 Å². The van der Waals surface area contributed by atoms with Gasteiger partial charge >= 0.3 is 16.1 Å². The van der Waals surface area contributed by atoms with Gasteiger partial charge < -0.3 is 19.1 Å². The van der Waals surface area contributed by atoms with Gasteiger partial charge in [0.1, 0.15) is 0 Å². The van der Waals surface area contributed by atoms with Gasteiger partial charge in [-0.3, -0.25) is 28.0 Å². The first kappa shape index (κ1) is 61.1. The van der Waals surface area contributed by atoms with Gasteiger partial charge in [-0.05, 0) is 128 Å². The van der Waals surface area contributed by atoms with Crippen LogP contribution in [-0.2, 0) is 65.6 Å². The SMILES string of the molecule is COCCN1/C(=C/C=C/C=C/C=C/C(=NCCCCCC(=O)Oc2c(F)c(F)c(S(=O)(=O)O)c(F)c2F)C(C)(CCOC)c2cc(S(=O)(=O)O)ccc2I)C(C)(CCCS(=O)(=O)O)c2cc(S(=O)(=O)O)ccc21. The molecule has 73 heavy (non-hydrogen) atoms. The summed E-state index contributed by atoms with van der Waals surface area (Å²) in [7, 11) is -16.4. The quantitative estimate of drug-likeness (QED) is 0.00679. The minimum Gasteiger partial charge on any atom is -0.420 e. The maximum Gasteiger partial charge on any atom is 0.311 e. The number of methoxy groups -OCH3 is 2. The van der Waals surface area contributed by atoms with Crippen LogP contribution in [0, 0.1) is 26.8 Å². The highest BCUT2D eigenvalue weighted by molar-refractivity contribution is 14.1. The molecule has 1 aliphatic rings. The third-order valence-electron chi connectivity index (χ3n) is 11.7. The van der Waals surface area contributed by atoms with Gasteiger partial charge in [-0.2, -0.15) is 42.5 Å². The van der Waals surface area contributed by atoms with Crippen LogP contribution in [-0.4, -0.2) is 110 Å². The number of esters is 1. The van der Waals surface area contributed by atoms with E-state index in [0.29, 0.717) is 38.3 Å². The normalized spacial score (nSPS) is 17.4. The number of carbonyl (C=O) groups excluding carboxylic acids is 1. The fourth-order valence-electron chi connectivity index (χ4n) is 8.01. The summed E-state index contributed by atoms with van der Waals surface area (Å²) in [5, 5.41) is 0. The van der Waals surface area contributed by atoms with Crippen molar-refractivity contribution in [3.05, 3.63) is 123 Å². The first-order valence-corrected chi connectivity index (χ1v) is 28.8. The number of ether oxygens (including phenoxy) is 3. The first-order chi connectivity index (χ1) is 33.9. The number of anilines is 1. The molecule has 0 radical (unpaired) electrons. The molecule has 3 aromatic rings. The van der Waals surface area contributed by atoms with Gasteiger partial charge in [0.2, 0.25) is 17.4 Å². The maximum atomic E-state index is 14.4. The minimum absolute atomic E-state index is 0.00592. The molecule has 2 atom stereocenters. The number of unbranched alkanes of at least 4 members (excludes halogenated alkanes) is 2. The molecule has 1 aliphatic heterocycles. The zero-order chi connectivity index (χ0) is 54.7. The molecule has 0 spiro atoms. The third-order valence-corrected chi connectivity index (χ3v) is 16.1. The molecule has 1 heterocycles. The van der Waals surface area contributed by atoms with Crippen molar-refractivity contribution in [2.45, 2.75) is 84.3 Å². The Balaban J connectivity index is 1.65. The summed E-state index contributed by atoms with van der Waals surface area (Å²) in [4.78, 5) is 16.1. The van der Waals surface area contributed by atoms with E-state index in [2.05, 4.69) is 4.74 Å². The monoisotopic (exact) mass is 1220 g/mol. The zero-order valence-electron chi connectivity index (χ0n) is 39.6. The fourth-order valence-corrected chi connectivity index (χ4v) is 11.1. The van der Waals surface area contributed by atoms with Crippen molar-refractivity contribution in [2.24, 2.45) is 4.99 Å². The van der Waals surface area contributed by atoms with Crippen LogP contribution in [0.1, 0.15) is 69.9 Å². The topological polar surface area (TPSA) is 278 Å². The standard InChI is InChI=1S/C46H53F4IN2O16S4/c1-45(22-25-67-3,32-28-30(71(58,59)60)17-19-34(32)51)36(52-23-12-8-11-16-38(54)69-43-39(47)41(49)44(73(64,65)66)42(50)40(43)48)14-9-6-5-7-10-15-37-46(2,21-13-27-70(55,56)57)33-29-31(72(61,62)63)18-20-35(33)53(37)24-26-68-4/h5-7,9-10,14-15,17-20,28-29H,8,11-13,16,21-27H2,1-4H3,(H,55,56,57)(H,58,59,60)(H,61,62,63)(H,64,65,66)/b6-5+,10-7+,14-9+,37-15+,52-36?. The highest BCUT2D eigenvalue weighted by Crippen LogP contribution is 2.51. The number of allylic oxidation sites excluding steroid dienone is 8. The molecule has 4 rings (SSSR count). The lowest BCUT2D eigenvalue weighted by molar-refractivity contribution is -0.135. The highest BCUT2D eigenvalue weighted by atomic mass is 127. The Hall–Kier alpha value is -4.43. The largest absolute Gasteiger partial charge is 0.420 e. The highest BCUT2D eigenvalue weighted by Gasteiger charge is 2.44. The molecule has 0 amide bonds. The molecule has 0 aromatic heterocycles. The van der Waals surface area contributed by atoms with Crippen LogP contribution in [0.3, 0.4) is 0 Å². The van der Waals surface area contributed by atoms with Crippen molar-refractivity contribution in [1.29, 1.82) is 0 Å². The lowest BCUT2D eigenvalue weighted by atomic mass is 9.75. The number of benzene rings is 3. The number of carbonyl (C=O) groups is 1. The first-order valence-electron chi connectivity index (χ1n) is 21.8. The summed E-state index contributed by atoms with van der Waals surface area (Å²) in [6.45, 7) is 4.38. The third kappa shape index (κ3) is 15.8. The lowest BCUT2D eigenvalue weighted by Gasteiger charge is -2.32. The van der Waals surface area contributed by atoms with E-state index in [1.807, 2.05) is 27.5 Å². The van der Waals surface area contributed by atoms with Crippen LogP contribution in [0.15, 0.2) is 104 Å². The number of aliphatic imine (C=N–C) groups is 1. The van der Waals surface area contributed by atoms with Crippen LogP contribution in [0.25, 0.3) is 0 Å². The van der Waals surface area contributed by atoms with Gasteiger partial charge in [-0.1, -0.05) is 36.8 Å². The molecule has 18 nitrogen and oxygen atoms in total. The minimum atomic E-state index is -5.73. The molecule has 3 aromatic carbocycles. The Bertz CT molecular complexity index is 3140. The molecule has 0 fully saturated rings. The molecule has 0 bridgehead atoms. The van der Waals surface area contributed by atoms with E-state index in [1.165, 1.54) is 50.6 Å². The van der Waals surface area contributed by atoms with Crippen molar-refractivity contribution in [3.8, 4) is 5.75 Å². The molecule has 0 saturated heterocycles.